The molecule has 7 heteroatoms. The Bertz CT molecular complexity index is 857. The highest BCUT2D eigenvalue weighted by molar-refractivity contribution is 5.96. The van der Waals surface area contributed by atoms with Crippen LogP contribution in [-0.2, 0) is 4.79 Å². The molecule has 26 heavy (non-hydrogen) atoms. The zero-order valence-electron chi connectivity index (χ0n) is 14.7. The number of esters is 1. The average molecular weight is 356 g/mol. The topological polar surface area (TPSA) is 115 Å². The molecule has 0 saturated carbocycles. The number of aromatic hydroxyl groups is 1. The van der Waals surface area contributed by atoms with E-state index in [4.69, 9.17) is 25.4 Å². The summed E-state index contributed by atoms with van der Waals surface area (Å²) in [5.41, 5.74) is 6.52. The summed E-state index contributed by atoms with van der Waals surface area (Å²) in [5.74, 6) is 0.374. The van der Waals surface area contributed by atoms with Crippen molar-refractivity contribution < 1.29 is 24.1 Å². The first kappa shape index (κ1) is 18.9. The standard InChI is InChI=1S/C19H20N2O5/c1-11(8-15-16(22)9-14(24-2)10-17(15)25-3)19(23)26-13-6-4-12(5-7-13)18(20)21/h4-10,22H,1-3H3,(H3,20,21)/b11-8+. The van der Waals surface area contributed by atoms with Crippen LogP contribution in [0.1, 0.15) is 18.1 Å². The Labute approximate surface area is 151 Å². The van der Waals surface area contributed by atoms with Gasteiger partial charge in [-0.1, -0.05) is 0 Å². The lowest BCUT2D eigenvalue weighted by Gasteiger charge is -2.11. The lowest BCUT2D eigenvalue weighted by Crippen LogP contribution is -2.12. The molecule has 136 valence electrons. The molecule has 0 unspecified atom stereocenters. The third-order valence-electron chi connectivity index (χ3n) is 3.61. The summed E-state index contributed by atoms with van der Waals surface area (Å²) >= 11 is 0. The number of amidine groups is 1. The van der Waals surface area contributed by atoms with Gasteiger partial charge in [-0.3, -0.25) is 5.41 Å². The minimum atomic E-state index is -0.585. The zero-order valence-corrected chi connectivity index (χ0v) is 14.7. The minimum Gasteiger partial charge on any atom is -0.507 e. The second kappa shape index (κ2) is 8.06. The number of carbonyl (C=O) groups excluding carboxylic acids is 1. The number of nitrogens with two attached hydrogens (primary N) is 1. The smallest absolute Gasteiger partial charge is 0.339 e. The molecule has 0 fully saturated rings. The van der Waals surface area contributed by atoms with Gasteiger partial charge in [-0.25, -0.2) is 4.79 Å². The van der Waals surface area contributed by atoms with Crippen LogP contribution in [0.5, 0.6) is 23.0 Å². The number of hydrogen-bond donors (Lipinski definition) is 3. The first-order valence-corrected chi connectivity index (χ1v) is 7.65. The van der Waals surface area contributed by atoms with Crippen molar-refractivity contribution in [3.05, 3.63) is 53.1 Å². The molecule has 2 aromatic carbocycles. The van der Waals surface area contributed by atoms with E-state index in [1.54, 1.807) is 37.3 Å². The van der Waals surface area contributed by atoms with Crippen molar-refractivity contribution in [1.82, 2.24) is 0 Å². The van der Waals surface area contributed by atoms with Crippen LogP contribution in [0.2, 0.25) is 0 Å². The largest absolute Gasteiger partial charge is 0.507 e. The highest BCUT2D eigenvalue weighted by Gasteiger charge is 2.14. The van der Waals surface area contributed by atoms with Gasteiger partial charge in [-0.05, 0) is 37.3 Å². The maximum absolute atomic E-state index is 12.3. The number of ether oxygens (including phenoxy) is 3. The third kappa shape index (κ3) is 4.32. The van der Waals surface area contributed by atoms with Gasteiger partial charge in [0, 0.05) is 23.3 Å². The van der Waals surface area contributed by atoms with Crippen LogP contribution >= 0.6 is 0 Å². The molecule has 0 bridgehead atoms. The quantitative estimate of drug-likeness (QED) is 0.241. The highest BCUT2D eigenvalue weighted by Crippen LogP contribution is 2.35. The van der Waals surface area contributed by atoms with E-state index in [0.717, 1.165) is 0 Å². The number of nitrogen functional groups attached to an aromatic ring is 1. The molecular weight excluding hydrogens is 336 g/mol. The van der Waals surface area contributed by atoms with Gasteiger partial charge in [0.1, 0.15) is 28.8 Å². The second-order valence-electron chi connectivity index (χ2n) is 5.42. The highest BCUT2D eigenvalue weighted by atomic mass is 16.5. The Kier molecular flexibility index (Phi) is 5.85. The number of benzene rings is 2. The molecule has 0 aliphatic rings. The molecule has 0 amide bonds. The molecule has 0 atom stereocenters. The normalized spacial score (nSPS) is 11.0. The van der Waals surface area contributed by atoms with Gasteiger partial charge in [0.2, 0.25) is 0 Å². The molecular formula is C19H20N2O5. The molecule has 0 heterocycles. The number of phenols is 1. The van der Waals surface area contributed by atoms with Crippen LogP contribution in [-0.4, -0.2) is 31.1 Å². The summed E-state index contributed by atoms with van der Waals surface area (Å²) in [6.07, 6.45) is 1.47. The summed E-state index contributed by atoms with van der Waals surface area (Å²) < 4.78 is 15.6. The lowest BCUT2D eigenvalue weighted by atomic mass is 10.1. The van der Waals surface area contributed by atoms with Crippen LogP contribution in [0.3, 0.4) is 0 Å². The van der Waals surface area contributed by atoms with E-state index in [0.29, 0.717) is 28.4 Å². The molecule has 0 aliphatic heterocycles. The SMILES string of the molecule is COc1cc(O)c(/C=C(\C)C(=O)Oc2ccc(C(=N)N)cc2)c(OC)c1. The monoisotopic (exact) mass is 356 g/mol. The predicted molar refractivity (Wildman–Crippen MR) is 98.0 cm³/mol. The molecule has 4 N–H and O–H groups in total. The lowest BCUT2D eigenvalue weighted by molar-refractivity contribution is -0.130. The van der Waals surface area contributed by atoms with E-state index in [1.807, 2.05) is 0 Å². The molecule has 0 spiro atoms. The molecule has 2 rings (SSSR count). The fraction of sp³-hybridized carbons (Fsp3) is 0.158. The van der Waals surface area contributed by atoms with Gasteiger partial charge >= 0.3 is 5.97 Å². The van der Waals surface area contributed by atoms with Crippen LogP contribution in [0.25, 0.3) is 6.08 Å². The fourth-order valence-electron chi connectivity index (χ4n) is 2.18. The Balaban J connectivity index is 2.23. The van der Waals surface area contributed by atoms with Crippen LogP contribution in [0, 0.1) is 5.41 Å². The van der Waals surface area contributed by atoms with Crippen LogP contribution in [0.4, 0.5) is 0 Å². The number of nitrogens with one attached hydrogen (secondary N) is 1. The fourth-order valence-corrected chi connectivity index (χ4v) is 2.18. The van der Waals surface area contributed by atoms with Crippen molar-refractivity contribution in [1.29, 1.82) is 5.41 Å². The number of methoxy groups -OCH3 is 2. The van der Waals surface area contributed by atoms with Crippen molar-refractivity contribution >= 4 is 17.9 Å². The van der Waals surface area contributed by atoms with E-state index >= 15 is 0 Å². The molecule has 7 nitrogen and oxygen atoms in total. The maximum atomic E-state index is 12.3. The van der Waals surface area contributed by atoms with E-state index in [2.05, 4.69) is 0 Å². The Morgan fingerprint density at radius 2 is 1.77 bits per heavy atom. The molecule has 0 aromatic heterocycles. The summed E-state index contributed by atoms with van der Waals surface area (Å²) in [5, 5.41) is 17.5. The number of rotatable bonds is 6. The predicted octanol–water partition coefficient (Wildman–Crippen LogP) is 2.70. The van der Waals surface area contributed by atoms with Gasteiger partial charge in [-0.2, -0.15) is 0 Å². The molecule has 0 aliphatic carbocycles. The van der Waals surface area contributed by atoms with E-state index < -0.39 is 5.97 Å². The second-order valence-corrected chi connectivity index (χ2v) is 5.42. The van der Waals surface area contributed by atoms with Gasteiger partial charge in [0.15, 0.2) is 0 Å². The van der Waals surface area contributed by atoms with Gasteiger partial charge in [-0.15, -0.1) is 0 Å². The van der Waals surface area contributed by atoms with Crippen molar-refractivity contribution in [3.8, 4) is 23.0 Å². The van der Waals surface area contributed by atoms with Gasteiger partial charge < -0.3 is 25.1 Å². The average Bonchev–Trinajstić information content (AvgIpc) is 2.63. The third-order valence-corrected chi connectivity index (χ3v) is 3.61. The van der Waals surface area contributed by atoms with Crippen molar-refractivity contribution in [2.45, 2.75) is 6.92 Å². The Hall–Kier alpha value is -3.48. The van der Waals surface area contributed by atoms with E-state index in [1.165, 1.54) is 26.4 Å². The van der Waals surface area contributed by atoms with Crippen molar-refractivity contribution in [3.63, 3.8) is 0 Å². The van der Waals surface area contributed by atoms with Gasteiger partial charge in [0.25, 0.3) is 0 Å². The van der Waals surface area contributed by atoms with Crippen molar-refractivity contribution in [2.75, 3.05) is 14.2 Å². The van der Waals surface area contributed by atoms with Crippen LogP contribution in [0.15, 0.2) is 42.0 Å². The summed E-state index contributed by atoms with van der Waals surface area (Å²) in [6.45, 7) is 1.56. The zero-order chi connectivity index (χ0) is 19.3. The summed E-state index contributed by atoms with van der Waals surface area (Å²) in [7, 11) is 2.93. The maximum Gasteiger partial charge on any atom is 0.339 e. The first-order chi connectivity index (χ1) is 12.3. The molecule has 2 aromatic rings. The first-order valence-electron chi connectivity index (χ1n) is 7.65. The number of phenolic OH excluding ortho intramolecular Hbond substituents is 1. The number of carbonyl (C=O) groups is 1. The van der Waals surface area contributed by atoms with Crippen LogP contribution < -0.4 is 19.9 Å². The van der Waals surface area contributed by atoms with Gasteiger partial charge in [0.05, 0.1) is 19.8 Å². The Morgan fingerprint density at radius 3 is 2.31 bits per heavy atom. The van der Waals surface area contributed by atoms with Crippen molar-refractivity contribution in [2.24, 2.45) is 5.73 Å². The summed E-state index contributed by atoms with van der Waals surface area (Å²) in [4.78, 5) is 12.3. The Morgan fingerprint density at radius 1 is 1.12 bits per heavy atom. The minimum absolute atomic E-state index is 0.0685. The van der Waals surface area contributed by atoms with E-state index in [-0.39, 0.29) is 17.2 Å². The van der Waals surface area contributed by atoms with E-state index in [9.17, 15) is 9.90 Å². The summed E-state index contributed by atoms with van der Waals surface area (Å²) in [6, 6.07) is 9.30. The molecule has 0 saturated heterocycles. The number of hydrogen-bond acceptors (Lipinski definition) is 6. The molecule has 0 radical (unpaired) electrons.